The lowest BCUT2D eigenvalue weighted by Gasteiger charge is -2.28. The summed E-state index contributed by atoms with van der Waals surface area (Å²) in [7, 11) is -5.21. The van der Waals surface area contributed by atoms with Gasteiger partial charge in [0, 0.05) is 6.54 Å². The van der Waals surface area contributed by atoms with E-state index in [1.165, 1.54) is 0 Å². The molecule has 0 N–H and O–H groups in total. The van der Waals surface area contributed by atoms with Gasteiger partial charge in [0.05, 0.1) is 12.8 Å². The molecule has 6 nitrogen and oxygen atoms in total. The molecule has 1 aliphatic rings. The number of urea groups is 1. The van der Waals surface area contributed by atoms with Crippen LogP contribution in [-0.2, 0) is 0 Å². The van der Waals surface area contributed by atoms with Gasteiger partial charge in [-0.25, -0.2) is 9.80 Å². The number of hydrogen-bond donors (Lipinski definition) is 0. The molecule has 2 amide bonds. The zero-order valence-corrected chi connectivity index (χ0v) is 21.8. The molecule has 0 bridgehead atoms. The van der Waals surface area contributed by atoms with E-state index in [0.29, 0.717) is 6.54 Å². The van der Waals surface area contributed by atoms with Crippen molar-refractivity contribution in [2.75, 3.05) is 13.1 Å². The van der Waals surface area contributed by atoms with E-state index in [1.54, 1.807) is 11.2 Å². The summed E-state index contributed by atoms with van der Waals surface area (Å²) in [6.07, 6.45) is 1.74. The Bertz CT molecular complexity index is 750. The van der Waals surface area contributed by atoms with Crippen LogP contribution in [0.1, 0.15) is 5.56 Å². The van der Waals surface area contributed by atoms with Gasteiger partial charge in [0.15, 0.2) is 8.24 Å². The summed E-state index contributed by atoms with van der Waals surface area (Å²) in [5.41, 5.74) is 0.899. The van der Waals surface area contributed by atoms with Gasteiger partial charge >= 0.3 is 6.03 Å². The van der Waals surface area contributed by atoms with E-state index in [9.17, 15) is 4.79 Å². The number of nitrogens with zero attached hydrogens (tertiary/aromatic N) is 3. The van der Waals surface area contributed by atoms with Crippen molar-refractivity contribution in [2.45, 2.75) is 58.9 Å². The first-order valence-corrected chi connectivity index (χ1v) is 20.1. The van der Waals surface area contributed by atoms with E-state index < -0.39 is 24.9 Å². The molecule has 28 heavy (non-hydrogen) atoms. The summed E-state index contributed by atoms with van der Waals surface area (Å²) in [6, 6.07) is 5.89. The second-order valence-electron chi connectivity index (χ2n) is 10.1. The standard InChI is InChI=1S/C19H35N3O3Si3/c1-26(2,3)22-13-12-21(19(22)23)20-15-16-10-11-17(24-27(4,5)6)18(14-16)25-28(7,8)9/h10-11,14-15H,12-13H2,1-9H3. The van der Waals surface area contributed by atoms with Crippen LogP contribution in [0.4, 0.5) is 4.79 Å². The molecule has 0 radical (unpaired) electrons. The minimum absolute atomic E-state index is 0.00711. The van der Waals surface area contributed by atoms with E-state index in [-0.39, 0.29) is 6.03 Å². The summed E-state index contributed by atoms with van der Waals surface area (Å²) in [5, 5.41) is 6.00. The molecule has 0 atom stereocenters. The number of amides is 2. The molecule has 0 aromatic heterocycles. The summed E-state index contributed by atoms with van der Waals surface area (Å²) >= 11 is 0. The van der Waals surface area contributed by atoms with Crippen LogP contribution in [0.5, 0.6) is 11.5 Å². The Balaban J connectivity index is 2.23. The van der Waals surface area contributed by atoms with Crippen LogP contribution < -0.4 is 8.85 Å². The van der Waals surface area contributed by atoms with Gasteiger partial charge in [-0.05, 0) is 63.0 Å². The molecular weight excluding hydrogens is 402 g/mol. The van der Waals surface area contributed by atoms with Crippen LogP contribution in [0.25, 0.3) is 0 Å². The molecule has 0 aliphatic carbocycles. The maximum Gasteiger partial charge on any atom is 0.332 e. The van der Waals surface area contributed by atoms with Crippen molar-refractivity contribution in [3.8, 4) is 11.5 Å². The third-order valence-electron chi connectivity index (χ3n) is 3.94. The van der Waals surface area contributed by atoms with Crippen LogP contribution >= 0.6 is 0 Å². The topological polar surface area (TPSA) is 54.4 Å². The fraction of sp³-hybridized carbons (Fsp3) is 0.579. The van der Waals surface area contributed by atoms with Crippen LogP contribution in [0.2, 0.25) is 58.9 Å². The van der Waals surface area contributed by atoms with E-state index >= 15 is 0 Å². The van der Waals surface area contributed by atoms with E-state index in [4.69, 9.17) is 8.85 Å². The van der Waals surface area contributed by atoms with Gasteiger partial charge in [-0.15, -0.1) is 0 Å². The Labute approximate surface area is 172 Å². The average Bonchev–Trinajstić information content (AvgIpc) is 2.85. The first-order chi connectivity index (χ1) is 12.7. The monoisotopic (exact) mass is 437 g/mol. The van der Waals surface area contributed by atoms with Gasteiger partial charge in [-0.2, -0.15) is 5.10 Å². The predicted molar refractivity (Wildman–Crippen MR) is 124 cm³/mol. The van der Waals surface area contributed by atoms with Crippen LogP contribution in [-0.4, -0.2) is 59.8 Å². The zero-order valence-electron chi connectivity index (χ0n) is 18.8. The highest BCUT2D eigenvalue weighted by molar-refractivity contribution is 6.75. The summed E-state index contributed by atoms with van der Waals surface area (Å²) < 4.78 is 14.5. The largest absolute Gasteiger partial charge is 0.542 e. The smallest absolute Gasteiger partial charge is 0.332 e. The Hall–Kier alpha value is -1.59. The molecule has 1 fully saturated rings. The quantitative estimate of drug-likeness (QED) is 0.444. The van der Waals surface area contributed by atoms with Crippen molar-refractivity contribution in [1.29, 1.82) is 0 Å². The first kappa shape index (κ1) is 22.7. The van der Waals surface area contributed by atoms with Crippen molar-refractivity contribution >= 4 is 37.1 Å². The highest BCUT2D eigenvalue weighted by atomic mass is 28.4. The molecule has 2 rings (SSSR count). The molecule has 0 saturated carbocycles. The van der Waals surface area contributed by atoms with Gasteiger partial charge in [0.1, 0.15) is 11.5 Å². The molecule has 0 unspecified atom stereocenters. The molecular formula is C19H35N3O3Si3. The fourth-order valence-corrected chi connectivity index (χ4v) is 5.93. The normalized spacial score (nSPS) is 16.2. The van der Waals surface area contributed by atoms with Crippen LogP contribution in [0.3, 0.4) is 0 Å². The van der Waals surface area contributed by atoms with Crippen LogP contribution in [0.15, 0.2) is 23.3 Å². The van der Waals surface area contributed by atoms with Crippen molar-refractivity contribution < 1.29 is 13.6 Å². The number of hydrazone groups is 1. The lowest BCUT2D eigenvalue weighted by atomic mass is 10.2. The molecule has 156 valence electrons. The number of carbonyl (C=O) groups is 1. The van der Waals surface area contributed by atoms with Crippen molar-refractivity contribution in [3.63, 3.8) is 0 Å². The average molecular weight is 438 g/mol. The van der Waals surface area contributed by atoms with Gasteiger partial charge in [-0.3, -0.25) is 0 Å². The Kier molecular flexibility index (Phi) is 6.51. The van der Waals surface area contributed by atoms with Gasteiger partial charge < -0.3 is 13.4 Å². The number of hydrogen-bond acceptors (Lipinski definition) is 4. The Morgan fingerprint density at radius 2 is 1.46 bits per heavy atom. The lowest BCUT2D eigenvalue weighted by molar-refractivity contribution is 0.208. The minimum Gasteiger partial charge on any atom is -0.542 e. The number of rotatable bonds is 7. The molecule has 1 aromatic rings. The van der Waals surface area contributed by atoms with E-state index in [0.717, 1.165) is 23.6 Å². The summed E-state index contributed by atoms with van der Waals surface area (Å²) in [5.74, 6) is 1.56. The third-order valence-corrected chi connectivity index (χ3v) is 7.64. The highest BCUT2D eigenvalue weighted by Gasteiger charge is 2.36. The molecule has 1 heterocycles. The van der Waals surface area contributed by atoms with E-state index in [2.05, 4.69) is 64.0 Å². The maximum atomic E-state index is 12.6. The summed E-state index contributed by atoms with van der Waals surface area (Å²) in [4.78, 5) is 12.6. The molecule has 0 spiro atoms. The second-order valence-corrected chi connectivity index (χ2v) is 23.8. The van der Waals surface area contributed by atoms with Crippen molar-refractivity contribution in [2.24, 2.45) is 5.10 Å². The number of carbonyl (C=O) groups excluding carboxylic acids is 1. The minimum atomic E-state index is -1.79. The molecule has 1 aliphatic heterocycles. The van der Waals surface area contributed by atoms with E-state index in [1.807, 2.05) is 22.8 Å². The second kappa shape index (κ2) is 8.03. The van der Waals surface area contributed by atoms with Gasteiger partial charge in [0.25, 0.3) is 0 Å². The fourth-order valence-electron chi connectivity index (χ4n) is 2.82. The number of benzene rings is 1. The Morgan fingerprint density at radius 1 is 0.893 bits per heavy atom. The van der Waals surface area contributed by atoms with Gasteiger partial charge in [0.2, 0.25) is 16.6 Å². The molecule has 1 saturated heterocycles. The lowest BCUT2D eigenvalue weighted by Crippen LogP contribution is -2.47. The van der Waals surface area contributed by atoms with Gasteiger partial charge in [-0.1, -0.05) is 19.6 Å². The summed E-state index contributed by atoms with van der Waals surface area (Å²) in [6.45, 7) is 20.8. The SMILES string of the molecule is C[Si](C)(C)Oc1ccc(C=NN2CCN([Si](C)(C)C)C2=O)cc1O[Si](C)(C)C. The van der Waals surface area contributed by atoms with Crippen molar-refractivity contribution in [1.82, 2.24) is 9.57 Å². The maximum absolute atomic E-state index is 12.6. The van der Waals surface area contributed by atoms with Crippen LogP contribution in [0, 0.1) is 0 Å². The zero-order chi connectivity index (χ0) is 21.3. The third kappa shape index (κ3) is 6.49. The molecule has 1 aromatic carbocycles. The predicted octanol–water partition coefficient (Wildman–Crippen LogP) is 5.02. The first-order valence-electron chi connectivity index (χ1n) is 9.81. The van der Waals surface area contributed by atoms with Crippen molar-refractivity contribution in [3.05, 3.63) is 23.8 Å². The Morgan fingerprint density at radius 3 is 1.96 bits per heavy atom. The highest BCUT2D eigenvalue weighted by Crippen LogP contribution is 2.32. The molecule has 9 heteroatoms.